The van der Waals surface area contributed by atoms with Crippen molar-refractivity contribution >= 4 is 10.0 Å². The minimum Gasteiger partial charge on any atom is -0.494 e. The zero-order valence-corrected chi connectivity index (χ0v) is 11.1. The van der Waals surface area contributed by atoms with Crippen molar-refractivity contribution in [1.82, 2.24) is 4.72 Å². The molecule has 0 atom stereocenters. The summed E-state index contributed by atoms with van der Waals surface area (Å²) in [4.78, 5) is 0. The minimum absolute atomic E-state index is 0.478. The molecule has 0 aliphatic carbocycles. The zero-order valence-electron chi connectivity index (χ0n) is 10.3. The fraction of sp³-hybridized carbons (Fsp3) is 0.500. The maximum atomic E-state index is 10.8. The van der Waals surface area contributed by atoms with Gasteiger partial charge in [0.05, 0.1) is 12.9 Å². The van der Waals surface area contributed by atoms with Crippen molar-refractivity contribution in [3.05, 3.63) is 29.8 Å². The Hall–Kier alpha value is -1.07. The molecule has 0 saturated heterocycles. The quantitative estimate of drug-likeness (QED) is 0.754. The van der Waals surface area contributed by atoms with E-state index in [9.17, 15) is 8.42 Å². The van der Waals surface area contributed by atoms with Gasteiger partial charge in [-0.05, 0) is 37.5 Å². The Bertz CT molecular complexity index is 426. The van der Waals surface area contributed by atoms with Crippen LogP contribution in [-0.4, -0.2) is 27.8 Å². The molecule has 0 unspecified atom stereocenters. The summed E-state index contributed by atoms with van der Waals surface area (Å²) in [5.41, 5.74) is 1.18. The Labute approximate surface area is 103 Å². The first-order valence-corrected chi connectivity index (χ1v) is 7.57. The lowest BCUT2D eigenvalue weighted by molar-refractivity contribution is 0.340. The van der Waals surface area contributed by atoms with E-state index in [0.717, 1.165) is 18.6 Å². The van der Waals surface area contributed by atoms with E-state index >= 15 is 0 Å². The molecule has 0 bridgehead atoms. The Morgan fingerprint density at radius 2 is 1.88 bits per heavy atom. The molecule has 1 rings (SSSR count). The van der Waals surface area contributed by atoms with Gasteiger partial charge in [0.25, 0.3) is 0 Å². The summed E-state index contributed by atoms with van der Waals surface area (Å²) in [6.45, 7) is 3.09. The largest absolute Gasteiger partial charge is 0.494 e. The number of rotatable bonds is 7. The van der Waals surface area contributed by atoms with Crippen LogP contribution in [0.4, 0.5) is 0 Å². The smallest absolute Gasteiger partial charge is 0.208 e. The molecule has 1 aromatic rings. The Morgan fingerprint density at radius 1 is 1.24 bits per heavy atom. The van der Waals surface area contributed by atoms with Crippen LogP contribution in [0.15, 0.2) is 24.3 Å². The first-order valence-electron chi connectivity index (χ1n) is 5.67. The number of nitrogens with one attached hydrogen (secondary N) is 1. The summed E-state index contributed by atoms with van der Waals surface area (Å²) in [6, 6.07) is 7.88. The van der Waals surface area contributed by atoms with E-state index in [0.29, 0.717) is 13.2 Å². The van der Waals surface area contributed by atoms with Gasteiger partial charge in [0.1, 0.15) is 5.75 Å². The van der Waals surface area contributed by atoms with Gasteiger partial charge in [0.2, 0.25) is 10.0 Å². The van der Waals surface area contributed by atoms with E-state index in [1.54, 1.807) is 0 Å². The van der Waals surface area contributed by atoms with Gasteiger partial charge < -0.3 is 4.74 Å². The Morgan fingerprint density at radius 3 is 2.41 bits per heavy atom. The fourth-order valence-corrected chi connectivity index (χ4v) is 1.98. The average molecular weight is 257 g/mol. The number of benzene rings is 1. The van der Waals surface area contributed by atoms with Crippen LogP contribution >= 0.6 is 0 Å². The van der Waals surface area contributed by atoms with Crippen LogP contribution in [0.1, 0.15) is 18.9 Å². The van der Waals surface area contributed by atoms with E-state index in [2.05, 4.69) is 4.72 Å². The molecule has 0 saturated carbocycles. The van der Waals surface area contributed by atoms with Gasteiger partial charge in [-0.2, -0.15) is 0 Å². The van der Waals surface area contributed by atoms with Crippen molar-refractivity contribution in [2.24, 2.45) is 0 Å². The molecule has 1 aromatic carbocycles. The van der Waals surface area contributed by atoms with Gasteiger partial charge >= 0.3 is 0 Å². The van der Waals surface area contributed by atoms with E-state index in [1.165, 1.54) is 11.8 Å². The zero-order chi connectivity index (χ0) is 12.7. The summed E-state index contributed by atoms with van der Waals surface area (Å²) in [5, 5.41) is 0. The lowest BCUT2D eigenvalue weighted by Crippen LogP contribution is -2.23. The van der Waals surface area contributed by atoms with Crippen molar-refractivity contribution in [2.45, 2.75) is 19.8 Å². The molecule has 0 aliphatic heterocycles. The standard InChI is InChI=1S/C12H19NO3S/c1-3-16-12-8-6-11(7-9-12)5-4-10-13-17(2,14)15/h6-9,13H,3-5,10H2,1-2H3. The molecular weight excluding hydrogens is 238 g/mol. The predicted molar refractivity (Wildman–Crippen MR) is 68.8 cm³/mol. The van der Waals surface area contributed by atoms with Gasteiger partial charge in [-0.1, -0.05) is 12.1 Å². The van der Waals surface area contributed by atoms with Gasteiger partial charge in [-0.3, -0.25) is 0 Å². The first kappa shape index (κ1) is 14.0. The molecule has 0 amide bonds. The van der Waals surface area contributed by atoms with E-state index in [1.807, 2.05) is 31.2 Å². The highest BCUT2D eigenvalue weighted by molar-refractivity contribution is 7.88. The van der Waals surface area contributed by atoms with Gasteiger partial charge in [0, 0.05) is 6.54 Å². The summed E-state index contributed by atoms with van der Waals surface area (Å²) < 4.78 is 29.5. The predicted octanol–water partition coefficient (Wildman–Crippen LogP) is 1.57. The molecule has 0 aromatic heterocycles. The van der Waals surface area contributed by atoms with Crippen LogP contribution in [0.25, 0.3) is 0 Å². The van der Waals surface area contributed by atoms with Crippen molar-refractivity contribution in [3.8, 4) is 5.75 Å². The highest BCUT2D eigenvalue weighted by Gasteiger charge is 2.00. The molecule has 0 fully saturated rings. The molecule has 96 valence electrons. The number of aryl methyl sites for hydroxylation is 1. The van der Waals surface area contributed by atoms with Crippen molar-refractivity contribution < 1.29 is 13.2 Å². The van der Waals surface area contributed by atoms with Gasteiger partial charge in [-0.15, -0.1) is 0 Å². The van der Waals surface area contributed by atoms with E-state index in [4.69, 9.17) is 4.74 Å². The van der Waals surface area contributed by atoms with Crippen molar-refractivity contribution in [1.29, 1.82) is 0 Å². The van der Waals surface area contributed by atoms with Crippen LogP contribution in [0.2, 0.25) is 0 Å². The highest BCUT2D eigenvalue weighted by atomic mass is 32.2. The second kappa shape index (κ2) is 6.61. The molecule has 5 heteroatoms. The summed E-state index contributed by atoms with van der Waals surface area (Å²) in [5.74, 6) is 0.866. The Balaban J connectivity index is 2.32. The van der Waals surface area contributed by atoms with Crippen LogP contribution in [0.5, 0.6) is 5.75 Å². The van der Waals surface area contributed by atoms with Crippen LogP contribution < -0.4 is 9.46 Å². The molecule has 0 spiro atoms. The lowest BCUT2D eigenvalue weighted by Gasteiger charge is -2.05. The van der Waals surface area contributed by atoms with Crippen LogP contribution in [0.3, 0.4) is 0 Å². The normalized spacial score (nSPS) is 11.4. The SMILES string of the molecule is CCOc1ccc(CCCNS(C)(=O)=O)cc1. The minimum atomic E-state index is -3.06. The number of ether oxygens (including phenoxy) is 1. The number of sulfonamides is 1. The summed E-state index contributed by atoms with van der Waals surface area (Å²) >= 11 is 0. The average Bonchev–Trinajstić information content (AvgIpc) is 2.26. The molecule has 17 heavy (non-hydrogen) atoms. The third-order valence-corrected chi connectivity index (χ3v) is 2.97. The second-order valence-corrected chi connectivity index (χ2v) is 5.68. The summed E-state index contributed by atoms with van der Waals surface area (Å²) in [6.07, 6.45) is 2.82. The molecule has 4 nitrogen and oxygen atoms in total. The Kier molecular flexibility index (Phi) is 5.44. The van der Waals surface area contributed by atoms with E-state index in [-0.39, 0.29) is 0 Å². The molecule has 0 radical (unpaired) electrons. The number of hydrogen-bond donors (Lipinski definition) is 1. The van der Waals surface area contributed by atoms with Crippen LogP contribution in [0, 0.1) is 0 Å². The molecular formula is C12H19NO3S. The number of hydrogen-bond acceptors (Lipinski definition) is 3. The van der Waals surface area contributed by atoms with E-state index < -0.39 is 10.0 Å². The fourth-order valence-electron chi connectivity index (χ4n) is 1.47. The molecule has 0 aliphatic rings. The maximum absolute atomic E-state index is 10.8. The lowest BCUT2D eigenvalue weighted by atomic mass is 10.1. The summed E-state index contributed by atoms with van der Waals surface area (Å²) in [7, 11) is -3.06. The van der Waals surface area contributed by atoms with Crippen molar-refractivity contribution in [2.75, 3.05) is 19.4 Å². The highest BCUT2D eigenvalue weighted by Crippen LogP contribution is 2.13. The third kappa shape index (κ3) is 6.28. The monoisotopic (exact) mass is 257 g/mol. The second-order valence-electron chi connectivity index (χ2n) is 3.85. The third-order valence-electron chi connectivity index (χ3n) is 2.24. The van der Waals surface area contributed by atoms with Crippen LogP contribution in [-0.2, 0) is 16.4 Å². The van der Waals surface area contributed by atoms with Gasteiger partial charge in [-0.25, -0.2) is 13.1 Å². The molecule has 1 N–H and O–H groups in total. The maximum Gasteiger partial charge on any atom is 0.208 e. The molecule has 0 heterocycles. The van der Waals surface area contributed by atoms with Gasteiger partial charge in [0.15, 0.2) is 0 Å². The topological polar surface area (TPSA) is 55.4 Å². The first-order chi connectivity index (χ1) is 8.01. The van der Waals surface area contributed by atoms with Crippen molar-refractivity contribution in [3.63, 3.8) is 0 Å².